The highest BCUT2D eigenvalue weighted by atomic mass is 16.3. The van der Waals surface area contributed by atoms with Crippen LogP contribution in [0.1, 0.15) is 48.9 Å². The van der Waals surface area contributed by atoms with E-state index in [1.807, 2.05) is 4.90 Å². The van der Waals surface area contributed by atoms with Gasteiger partial charge in [0.1, 0.15) is 5.75 Å². The van der Waals surface area contributed by atoms with E-state index in [0.29, 0.717) is 17.5 Å². The summed E-state index contributed by atoms with van der Waals surface area (Å²) in [6.45, 7) is 0.821. The Morgan fingerprint density at radius 1 is 1.26 bits per heavy atom. The fourth-order valence-electron chi connectivity index (χ4n) is 3.60. The highest BCUT2D eigenvalue weighted by Crippen LogP contribution is 2.36. The monoisotopic (exact) mass is 260 g/mol. The summed E-state index contributed by atoms with van der Waals surface area (Å²) in [5.74, 6) is 0.620. The maximum absolute atomic E-state index is 12.6. The van der Waals surface area contributed by atoms with Crippen molar-refractivity contribution in [1.82, 2.24) is 9.88 Å². The molecule has 0 spiro atoms. The fraction of sp³-hybridized carbons (Fsp3) is 0.600. The number of rotatable bonds is 2. The van der Waals surface area contributed by atoms with Crippen LogP contribution in [0, 0.1) is 5.92 Å². The molecule has 4 nitrogen and oxygen atoms in total. The first-order chi connectivity index (χ1) is 9.27. The number of hydrogen-bond donors (Lipinski definition) is 1. The molecule has 1 N–H and O–H groups in total. The summed E-state index contributed by atoms with van der Waals surface area (Å²) >= 11 is 0. The molecule has 1 unspecified atom stereocenters. The molecule has 1 aromatic rings. The van der Waals surface area contributed by atoms with E-state index in [1.54, 1.807) is 12.3 Å². The smallest absolute Gasteiger partial charge is 0.257 e. The molecule has 1 atom stereocenters. The standard InChI is InChI=1S/C15H20N2O2/c18-14-10-16-8-7-12(14)15(19)17-9-3-6-13(17)11-4-1-2-5-11/h7-8,10-11,13,18H,1-6,9H2. The number of hydrogen-bond acceptors (Lipinski definition) is 3. The van der Waals surface area contributed by atoms with Gasteiger partial charge in [-0.2, -0.15) is 0 Å². The van der Waals surface area contributed by atoms with Gasteiger partial charge in [-0.05, 0) is 37.7 Å². The molecule has 4 heteroatoms. The summed E-state index contributed by atoms with van der Waals surface area (Å²) in [4.78, 5) is 18.4. The summed E-state index contributed by atoms with van der Waals surface area (Å²) in [5, 5.41) is 9.78. The number of aromatic nitrogens is 1. The molecule has 1 aromatic heterocycles. The first-order valence-electron chi connectivity index (χ1n) is 7.21. The predicted molar refractivity (Wildman–Crippen MR) is 71.9 cm³/mol. The molecule has 1 saturated heterocycles. The summed E-state index contributed by atoms with van der Waals surface area (Å²) in [6, 6.07) is 1.99. The zero-order chi connectivity index (χ0) is 13.2. The van der Waals surface area contributed by atoms with E-state index in [-0.39, 0.29) is 11.7 Å². The van der Waals surface area contributed by atoms with Gasteiger partial charge in [0.05, 0.1) is 11.8 Å². The lowest BCUT2D eigenvalue weighted by atomic mass is 9.95. The Morgan fingerprint density at radius 2 is 2.05 bits per heavy atom. The minimum atomic E-state index is -0.0331. The molecule has 1 saturated carbocycles. The van der Waals surface area contributed by atoms with Gasteiger partial charge in [0.2, 0.25) is 0 Å². The van der Waals surface area contributed by atoms with E-state index in [4.69, 9.17) is 0 Å². The van der Waals surface area contributed by atoms with Crippen molar-refractivity contribution in [3.63, 3.8) is 0 Å². The van der Waals surface area contributed by atoms with E-state index >= 15 is 0 Å². The fourth-order valence-corrected chi connectivity index (χ4v) is 3.60. The van der Waals surface area contributed by atoms with Gasteiger partial charge in [-0.25, -0.2) is 0 Å². The van der Waals surface area contributed by atoms with Crippen LogP contribution < -0.4 is 0 Å². The zero-order valence-corrected chi connectivity index (χ0v) is 11.1. The second-order valence-electron chi connectivity index (χ2n) is 5.65. The van der Waals surface area contributed by atoms with Crippen molar-refractivity contribution in [3.8, 4) is 5.75 Å². The Labute approximate surface area is 113 Å². The maximum atomic E-state index is 12.6. The molecule has 1 amide bonds. The topological polar surface area (TPSA) is 53.4 Å². The van der Waals surface area contributed by atoms with Crippen molar-refractivity contribution in [2.24, 2.45) is 5.92 Å². The van der Waals surface area contributed by atoms with Crippen LogP contribution in [0.4, 0.5) is 0 Å². The maximum Gasteiger partial charge on any atom is 0.257 e. The average molecular weight is 260 g/mol. The number of likely N-dealkylation sites (tertiary alicyclic amines) is 1. The van der Waals surface area contributed by atoms with Gasteiger partial charge in [0, 0.05) is 18.8 Å². The summed E-state index contributed by atoms with van der Waals surface area (Å²) in [7, 11) is 0. The minimum Gasteiger partial charge on any atom is -0.505 e. The molecular weight excluding hydrogens is 240 g/mol. The van der Waals surface area contributed by atoms with Crippen LogP contribution in [0.3, 0.4) is 0 Å². The lowest BCUT2D eigenvalue weighted by molar-refractivity contribution is 0.0686. The second kappa shape index (κ2) is 5.19. The Morgan fingerprint density at radius 3 is 2.79 bits per heavy atom. The molecule has 1 aliphatic carbocycles. The number of pyridine rings is 1. The zero-order valence-electron chi connectivity index (χ0n) is 11.1. The van der Waals surface area contributed by atoms with Crippen LogP contribution in [0.2, 0.25) is 0 Å². The highest BCUT2D eigenvalue weighted by molar-refractivity contribution is 5.97. The number of amides is 1. The summed E-state index contributed by atoms with van der Waals surface area (Å²) < 4.78 is 0. The van der Waals surface area contributed by atoms with Crippen molar-refractivity contribution < 1.29 is 9.90 Å². The van der Waals surface area contributed by atoms with Crippen LogP contribution in [-0.2, 0) is 0 Å². The molecule has 0 bridgehead atoms. The third kappa shape index (κ3) is 2.31. The average Bonchev–Trinajstić information content (AvgIpc) is 3.09. The number of carbonyl (C=O) groups is 1. The van der Waals surface area contributed by atoms with Gasteiger partial charge in [-0.3, -0.25) is 9.78 Å². The SMILES string of the molecule is O=C(c1ccncc1O)N1CCCC1C1CCCC1. The van der Waals surface area contributed by atoms with Crippen molar-refractivity contribution in [2.75, 3.05) is 6.54 Å². The lowest BCUT2D eigenvalue weighted by Crippen LogP contribution is -2.39. The minimum absolute atomic E-state index is 0.00966. The molecule has 0 aromatic carbocycles. The molecule has 0 radical (unpaired) electrons. The number of aromatic hydroxyl groups is 1. The van der Waals surface area contributed by atoms with E-state index in [0.717, 1.165) is 19.4 Å². The Balaban J connectivity index is 1.80. The first-order valence-corrected chi connectivity index (χ1v) is 7.21. The largest absolute Gasteiger partial charge is 0.505 e. The van der Waals surface area contributed by atoms with Crippen molar-refractivity contribution in [3.05, 3.63) is 24.0 Å². The van der Waals surface area contributed by atoms with Crippen LogP contribution in [0.5, 0.6) is 5.75 Å². The third-order valence-corrected chi connectivity index (χ3v) is 4.53. The van der Waals surface area contributed by atoms with Gasteiger partial charge < -0.3 is 10.0 Å². The van der Waals surface area contributed by atoms with Crippen LogP contribution >= 0.6 is 0 Å². The van der Waals surface area contributed by atoms with Crippen molar-refractivity contribution >= 4 is 5.91 Å². The third-order valence-electron chi connectivity index (χ3n) is 4.53. The van der Waals surface area contributed by atoms with E-state index < -0.39 is 0 Å². The normalized spacial score (nSPS) is 24.0. The Hall–Kier alpha value is -1.58. The summed E-state index contributed by atoms with van der Waals surface area (Å²) in [6.07, 6.45) is 10.2. The Bertz CT molecular complexity index is 469. The van der Waals surface area contributed by atoms with E-state index in [2.05, 4.69) is 4.98 Å². The van der Waals surface area contributed by atoms with Gasteiger partial charge in [0.15, 0.2) is 0 Å². The highest BCUT2D eigenvalue weighted by Gasteiger charge is 2.36. The number of carbonyl (C=O) groups excluding carboxylic acids is 1. The molecule has 102 valence electrons. The molecule has 2 heterocycles. The molecule has 2 aliphatic rings. The molecule has 1 aliphatic heterocycles. The van der Waals surface area contributed by atoms with E-state index in [1.165, 1.54) is 31.9 Å². The van der Waals surface area contributed by atoms with Crippen molar-refractivity contribution in [1.29, 1.82) is 0 Å². The number of nitrogens with zero attached hydrogens (tertiary/aromatic N) is 2. The van der Waals surface area contributed by atoms with E-state index in [9.17, 15) is 9.90 Å². The van der Waals surface area contributed by atoms with Gasteiger partial charge in [0.25, 0.3) is 5.91 Å². The van der Waals surface area contributed by atoms with Gasteiger partial charge in [-0.1, -0.05) is 12.8 Å². The molecule has 19 heavy (non-hydrogen) atoms. The van der Waals surface area contributed by atoms with Gasteiger partial charge >= 0.3 is 0 Å². The predicted octanol–water partition coefficient (Wildman–Crippen LogP) is 2.58. The van der Waals surface area contributed by atoms with Crippen LogP contribution in [0.25, 0.3) is 0 Å². The Kier molecular flexibility index (Phi) is 3.40. The van der Waals surface area contributed by atoms with Gasteiger partial charge in [-0.15, -0.1) is 0 Å². The summed E-state index contributed by atoms with van der Waals surface area (Å²) in [5.41, 5.74) is 0.389. The first kappa shape index (κ1) is 12.5. The molecule has 3 rings (SSSR count). The van der Waals surface area contributed by atoms with Crippen LogP contribution in [0.15, 0.2) is 18.5 Å². The molecular formula is C15H20N2O2. The second-order valence-corrected chi connectivity index (χ2v) is 5.65. The van der Waals surface area contributed by atoms with Crippen LogP contribution in [-0.4, -0.2) is 33.5 Å². The molecule has 2 fully saturated rings. The quantitative estimate of drug-likeness (QED) is 0.889. The lowest BCUT2D eigenvalue weighted by Gasteiger charge is -2.29. The van der Waals surface area contributed by atoms with Crippen molar-refractivity contribution in [2.45, 2.75) is 44.6 Å².